The molecule has 1 aromatic carbocycles. The molecule has 0 spiro atoms. The van der Waals surface area contributed by atoms with Crippen molar-refractivity contribution in [3.8, 4) is 11.4 Å². The van der Waals surface area contributed by atoms with Crippen LogP contribution >= 0.6 is 11.3 Å². The van der Waals surface area contributed by atoms with Crippen LogP contribution in [0.3, 0.4) is 0 Å². The van der Waals surface area contributed by atoms with Crippen molar-refractivity contribution >= 4 is 22.4 Å². The van der Waals surface area contributed by atoms with Gasteiger partial charge in [0.1, 0.15) is 5.75 Å². The molecule has 2 heterocycles. The molecular formula is C16H17N5O2S. The van der Waals surface area contributed by atoms with E-state index < -0.39 is 0 Å². The standard InChI is InChI=1S/C16H17N5O2S/c1-10(2)14-13(15(22)18-16-17-8-9-24-16)19-20-21(14)11-4-6-12(23-3)7-5-11/h4-10H,1-3H3,(H,17,18,22). The Kier molecular flexibility index (Phi) is 4.57. The molecule has 0 aliphatic carbocycles. The molecule has 7 nitrogen and oxygen atoms in total. The first-order chi connectivity index (χ1) is 11.6. The van der Waals surface area contributed by atoms with E-state index in [1.807, 2.05) is 38.1 Å². The number of carbonyl (C=O) groups is 1. The lowest BCUT2D eigenvalue weighted by Crippen LogP contribution is -2.16. The monoisotopic (exact) mass is 343 g/mol. The SMILES string of the molecule is COc1ccc(-n2nnc(C(=O)Nc3nccs3)c2C(C)C)cc1. The third-order valence-corrected chi connectivity index (χ3v) is 4.13. The number of carbonyl (C=O) groups excluding carboxylic acids is 1. The number of methoxy groups -OCH3 is 1. The first-order valence-electron chi connectivity index (χ1n) is 7.41. The van der Waals surface area contributed by atoms with Crippen molar-refractivity contribution in [3.05, 3.63) is 47.2 Å². The Bertz CT molecular complexity index is 825. The summed E-state index contributed by atoms with van der Waals surface area (Å²) in [5.41, 5.74) is 1.87. The Labute approximate surface area is 143 Å². The van der Waals surface area contributed by atoms with Crippen LogP contribution in [0.4, 0.5) is 5.13 Å². The van der Waals surface area contributed by atoms with Crippen molar-refractivity contribution in [2.45, 2.75) is 19.8 Å². The van der Waals surface area contributed by atoms with Crippen molar-refractivity contribution in [2.75, 3.05) is 12.4 Å². The quantitative estimate of drug-likeness (QED) is 0.770. The van der Waals surface area contributed by atoms with Crippen LogP contribution < -0.4 is 10.1 Å². The molecule has 0 bridgehead atoms. The van der Waals surface area contributed by atoms with E-state index in [1.54, 1.807) is 23.4 Å². The van der Waals surface area contributed by atoms with Gasteiger partial charge >= 0.3 is 0 Å². The van der Waals surface area contributed by atoms with Crippen LogP contribution in [0.15, 0.2) is 35.8 Å². The maximum absolute atomic E-state index is 12.5. The second-order valence-electron chi connectivity index (χ2n) is 5.38. The van der Waals surface area contributed by atoms with E-state index in [1.165, 1.54) is 11.3 Å². The predicted octanol–water partition coefficient (Wildman–Crippen LogP) is 3.11. The Morgan fingerprint density at radius 3 is 2.62 bits per heavy atom. The van der Waals surface area contributed by atoms with Crippen molar-refractivity contribution in [1.29, 1.82) is 0 Å². The zero-order valence-corrected chi connectivity index (χ0v) is 14.4. The molecule has 124 valence electrons. The molecule has 0 radical (unpaired) electrons. The molecule has 0 fully saturated rings. The van der Waals surface area contributed by atoms with Gasteiger partial charge in [-0.15, -0.1) is 16.4 Å². The molecule has 1 amide bonds. The fourth-order valence-corrected chi connectivity index (χ4v) is 2.85. The number of ether oxygens (including phenoxy) is 1. The van der Waals surface area contributed by atoms with Crippen molar-refractivity contribution in [2.24, 2.45) is 0 Å². The normalized spacial score (nSPS) is 10.8. The topological polar surface area (TPSA) is 81.9 Å². The highest BCUT2D eigenvalue weighted by Gasteiger charge is 2.23. The van der Waals surface area contributed by atoms with Gasteiger partial charge < -0.3 is 4.74 Å². The van der Waals surface area contributed by atoms with E-state index in [-0.39, 0.29) is 11.8 Å². The van der Waals surface area contributed by atoms with Gasteiger partial charge in [-0.1, -0.05) is 19.1 Å². The first-order valence-corrected chi connectivity index (χ1v) is 8.29. The summed E-state index contributed by atoms with van der Waals surface area (Å²) in [4.78, 5) is 16.6. The second kappa shape index (κ2) is 6.79. The highest BCUT2D eigenvalue weighted by atomic mass is 32.1. The molecule has 1 N–H and O–H groups in total. The number of rotatable bonds is 5. The van der Waals surface area contributed by atoms with Gasteiger partial charge in [0.15, 0.2) is 10.8 Å². The molecule has 0 aliphatic rings. The van der Waals surface area contributed by atoms with Gasteiger partial charge in [-0.25, -0.2) is 9.67 Å². The lowest BCUT2D eigenvalue weighted by molar-refractivity contribution is 0.102. The fraction of sp³-hybridized carbons (Fsp3) is 0.250. The minimum atomic E-state index is -0.312. The van der Waals surface area contributed by atoms with E-state index in [0.717, 1.165) is 17.1 Å². The van der Waals surface area contributed by atoms with Crippen LogP contribution in [0.5, 0.6) is 5.75 Å². The third kappa shape index (κ3) is 3.13. The fourth-order valence-electron chi connectivity index (χ4n) is 2.32. The number of nitrogens with zero attached hydrogens (tertiary/aromatic N) is 4. The lowest BCUT2D eigenvalue weighted by atomic mass is 10.1. The number of amides is 1. The van der Waals surface area contributed by atoms with Crippen molar-refractivity contribution in [1.82, 2.24) is 20.0 Å². The summed E-state index contributed by atoms with van der Waals surface area (Å²) in [5.74, 6) is 0.513. The predicted molar refractivity (Wildman–Crippen MR) is 92.1 cm³/mol. The first kappa shape index (κ1) is 16.1. The van der Waals surface area contributed by atoms with Crippen LogP contribution in [0.25, 0.3) is 5.69 Å². The molecule has 3 aromatic rings. The summed E-state index contributed by atoms with van der Waals surface area (Å²) in [6.07, 6.45) is 1.64. The number of benzene rings is 1. The summed E-state index contributed by atoms with van der Waals surface area (Å²) in [6.45, 7) is 4.00. The van der Waals surface area contributed by atoms with E-state index in [2.05, 4.69) is 20.6 Å². The average molecular weight is 343 g/mol. The Morgan fingerprint density at radius 1 is 1.29 bits per heavy atom. The van der Waals surface area contributed by atoms with Crippen LogP contribution in [0.1, 0.15) is 35.9 Å². The summed E-state index contributed by atoms with van der Waals surface area (Å²) < 4.78 is 6.85. The zero-order chi connectivity index (χ0) is 17.1. The molecule has 0 saturated heterocycles. The van der Waals surface area contributed by atoms with Gasteiger partial charge in [0.05, 0.1) is 18.5 Å². The van der Waals surface area contributed by atoms with Crippen LogP contribution in [-0.4, -0.2) is 33.0 Å². The van der Waals surface area contributed by atoms with E-state index in [9.17, 15) is 4.79 Å². The number of nitrogens with one attached hydrogen (secondary N) is 1. The zero-order valence-electron chi connectivity index (χ0n) is 13.6. The van der Waals surface area contributed by atoms with Gasteiger partial charge in [-0.05, 0) is 30.2 Å². The highest BCUT2D eigenvalue weighted by molar-refractivity contribution is 7.13. The maximum atomic E-state index is 12.5. The molecule has 3 rings (SSSR count). The van der Waals surface area contributed by atoms with Gasteiger partial charge in [0.25, 0.3) is 5.91 Å². The molecule has 8 heteroatoms. The summed E-state index contributed by atoms with van der Waals surface area (Å²) in [7, 11) is 1.62. The average Bonchev–Trinajstić information content (AvgIpc) is 3.24. The number of thiazole rings is 1. The van der Waals surface area contributed by atoms with Crippen LogP contribution in [0, 0.1) is 0 Å². The number of aromatic nitrogens is 4. The molecule has 0 aliphatic heterocycles. The lowest BCUT2D eigenvalue weighted by Gasteiger charge is -2.11. The van der Waals surface area contributed by atoms with Crippen molar-refractivity contribution < 1.29 is 9.53 Å². The molecule has 24 heavy (non-hydrogen) atoms. The van der Waals surface area contributed by atoms with E-state index in [4.69, 9.17) is 4.74 Å². The van der Waals surface area contributed by atoms with Crippen molar-refractivity contribution in [3.63, 3.8) is 0 Å². The smallest absolute Gasteiger partial charge is 0.279 e. The van der Waals surface area contributed by atoms with E-state index in [0.29, 0.717) is 10.8 Å². The largest absolute Gasteiger partial charge is 0.497 e. The van der Waals surface area contributed by atoms with Gasteiger partial charge in [0.2, 0.25) is 0 Å². The minimum Gasteiger partial charge on any atom is -0.497 e. The van der Waals surface area contributed by atoms with Crippen LogP contribution in [-0.2, 0) is 0 Å². The number of hydrogen-bond donors (Lipinski definition) is 1. The Morgan fingerprint density at radius 2 is 2.04 bits per heavy atom. The van der Waals surface area contributed by atoms with E-state index >= 15 is 0 Å². The number of anilines is 1. The molecular weight excluding hydrogens is 326 g/mol. The van der Waals surface area contributed by atoms with Gasteiger partial charge in [-0.2, -0.15) is 0 Å². The van der Waals surface area contributed by atoms with Gasteiger partial charge in [0, 0.05) is 11.6 Å². The van der Waals surface area contributed by atoms with Gasteiger partial charge in [-0.3, -0.25) is 10.1 Å². The third-order valence-electron chi connectivity index (χ3n) is 3.44. The number of hydrogen-bond acceptors (Lipinski definition) is 6. The Hall–Kier alpha value is -2.74. The molecule has 0 saturated carbocycles. The molecule has 0 unspecified atom stereocenters. The Balaban J connectivity index is 1.96. The summed E-state index contributed by atoms with van der Waals surface area (Å²) in [6, 6.07) is 7.44. The molecule has 2 aromatic heterocycles. The maximum Gasteiger partial charge on any atom is 0.279 e. The summed E-state index contributed by atoms with van der Waals surface area (Å²) in [5, 5.41) is 13.3. The minimum absolute atomic E-state index is 0.0687. The van der Waals surface area contributed by atoms with Crippen LogP contribution in [0.2, 0.25) is 0 Å². The summed E-state index contributed by atoms with van der Waals surface area (Å²) >= 11 is 1.36. The second-order valence-corrected chi connectivity index (χ2v) is 6.27. The molecule has 0 atom stereocenters. The highest BCUT2D eigenvalue weighted by Crippen LogP contribution is 2.24.